The van der Waals surface area contributed by atoms with Crippen LogP contribution in [0.5, 0.6) is 0 Å². The summed E-state index contributed by atoms with van der Waals surface area (Å²) < 4.78 is 5.50. The molecule has 0 heterocycles. The van der Waals surface area contributed by atoms with Gasteiger partial charge >= 0.3 is 5.97 Å². The third-order valence-corrected chi connectivity index (χ3v) is 19.2. The summed E-state index contributed by atoms with van der Waals surface area (Å²) in [5.41, 5.74) is 0. The van der Waals surface area contributed by atoms with E-state index in [1.807, 2.05) is 0 Å². The first kappa shape index (κ1) is 86.3. The van der Waals surface area contributed by atoms with E-state index in [0.717, 1.165) is 44.9 Å². The zero-order chi connectivity index (χ0) is 63.5. The molecule has 2 unspecified atom stereocenters. The second-order valence-electron chi connectivity index (χ2n) is 28.1. The van der Waals surface area contributed by atoms with Gasteiger partial charge < -0.3 is 20.3 Å². The summed E-state index contributed by atoms with van der Waals surface area (Å²) in [6.07, 6.45) is 99.9. The van der Waals surface area contributed by atoms with Gasteiger partial charge in [0.1, 0.15) is 0 Å². The number of hydrogen-bond donors (Lipinski definition) is 3. The molecule has 2 atom stereocenters. The van der Waals surface area contributed by atoms with Gasteiger partial charge in [0, 0.05) is 12.8 Å². The van der Waals surface area contributed by atoms with Gasteiger partial charge in [-0.25, -0.2) is 0 Å². The van der Waals surface area contributed by atoms with Gasteiger partial charge in [-0.15, -0.1) is 0 Å². The van der Waals surface area contributed by atoms with Crippen molar-refractivity contribution in [1.82, 2.24) is 5.32 Å². The van der Waals surface area contributed by atoms with Crippen molar-refractivity contribution in [1.29, 1.82) is 0 Å². The highest BCUT2D eigenvalue weighted by molar-refractivity contribution is 5.76. The van der Waals surface area contributed by atoms with E-state index >= 15 is 0 Å². The molecule has 0 aromatic carbocycles. The molecule has 0 aliphatic carbocycles. The SMILES string of the molecule is CCCCCCCC/C=C\CCCCCCCC(=O)OCCCCCCCCCCCCCC/C=C\CCCCCCCCCCCCCCCCCCCC(=O)NC(CO)C(O)CCCCCCCCCCCCCCCCCCCCCCCCC. The van der Waals surface area contributed by atoms with Gasteiger partial charge in [-0.3, -0.25) is 9.59 Å². The van der Waals surface area contributed by atoms with Crippen LogP contribution < -0.4 is 5.32 Å². The third kappa shape index (κ3) is 73.4. The fourth-order valence-corrected chi connectivity index (χ4v) is 13.0. The normalized spacial score (nSPS) is 12.5. The Kier molecular flexibility index (Phi) is 76.3. The maximum absolute atomic E-state index is 12.6. The van der Waals surface area contributed by atoms with E-state index in [-0.39, 0.29) is 18.5 Å². The smallest absolute Gasteiger partial charge is 0.305 e. The number of esters is 1. The average molecular weight is 1240 g/mol. The molecule has 0 radical (unpaired) electrons. The highest BCUT2D eigenvalue weighted by atomic mass is 16.5. The van der Waals surface area contributed by atoms with Gasteiger partial charge in [0.25, 0.3) is 0 Å². The molecule has 6 nitrogen and oxygen atoms in total. The molecule has 0 aliphatic heterocycles. The molecular weight excluding hydrogens is 1080 g/mol. The molecule has 0 aliphatic rings. The number of hydrogen-bond acceptors (Lipinski definition) is 5. The van der Waals surface area contributed by atoms with E-state index < -0.39 is 12.1 Å². The van der Waals surface area contributed by atoms with Gasteiger partial charge in [0.05, 0.1) is 25.4 Å². The Labute approximate surface area is 551 Å². The predicted octanol–water partition coefficient (Wildman–Crippen LogP) is 26.8. The molecule has 6 heteroatoms. The standard InChI is InChI=1S/C82H159NO5/c1-3-5-7-9-11-13-15-17-19-20-21-22-34-37-40-43-47-50-54-58-62-66-70-74-80(85)79(78-84)83-81(86)75-71-67-63-59-55-51-48-44-41-38-35-32-30-28-26-24-23-25-27-29-31-33-36-39-42-45-49-53-57-61-65-69-73-77-88-82(87)76-72-68-64-60-56-52-46-18-16-14-12-10-8-6-4-2/h18,27,29,46,79-80,84-85H,3-17,19-26,28,30-45,47-78H2,1-2H3,(H,83,86)/b29-27-,46-18-. The molecule has 88 heavy (non-hydrogen) atoms. The zero-order valence-electron chi connectivity index (χ0n) is 60.0. The maximum Gasteiger partial charge on any atom is 0.305 e. The van der Waals surface area contributed by atoms with Crippen molar-refractivity contribution < 1.29 is 24.5 Å². The Bertz CT molecular complexity index is 1380. The van der Waals surface area contributed by atoms with Crippen molar-refractivity contribution in [2.45, 2.75) is 475 Å². The Hall–Kier alpha value is -1.66. The van der Waals surface area contributed by atoms with E-state index in [1.165, 1.54) is 385 Å². The summed E-state index contributed by atoms with van der Waals surface area (Å²) >= 11 is 0. The molecule has 0 saturated heterocycles. The maximum atomic E-state index is 12.6. The highest BCUT2D eigenvalue weighted by Gasteiger charge is 2.20. The number of allylic oxidation sites excluding steroid dienone is 4. The molecule has 0 bridgehead atoms. The molecule has 0 spiro atoms. The van der Waals surface area contributed by atoms with Gasteiger partial charge in [-0.2, -0.15) is 0 Å². The molecule has 0 aromatic rings. The van der Waals surface area contributed by atoms with E-state index in [9.17, 15) is 19.8 Å². The van der Waals surface area contributed by atoms with E-state index in [2.05, 4.69) is 43.5 Å². The molecule has 0 fully saturated rings. The molecule has 1 amide bonds. The second kappa shape index (κ2) is 77.8. The van der Waals surface area contributed by atoms with Crippen LogP contribution in [0, 0.1) is 0 Å². The van der Waals surface area contributed by atoms with Crippen LogP contribution in [-0.2, 0) is 14.3 Å². The first-order valence-corrected chi connectivity index (χ1v) is 40.6. The fourth-order valence-electron chi connectivity index (χ4n) is 13.0. The molecule has 522 valence electrons. The minimum absolute atomic E-state index is 0.0118. The summed E-state index contributed by atoms with van der Waals surface area (Å²) in [5.74, 6) is -0.0143. The second-order valence-corrected chi connectivity index (χ2v) is 28.1. The predicted molar refractivity (Wildman–Crippen MR) is 389 cm³/mol. The van der Waals surface area contributed by atoms with Crippen LogP contribution in [0.2, 0.25) is 0 Å². The lowest BCUT2D eigenvalue weighted by molar-refractivity contribution is -0.143. The van der Waals surface area contributed by atoms with Crippen LogP contribution in [0.25, 0.3) is 0 Å². The number of carbonyl (C=O) groups excluding carboxylic acids is 2. The molecule has 3 N–H and O–H groups in total. The van der Waals surface area contributed by atoms with Crippen molar-refractivity contribution in [2.24, 2.45) is 0 Å². The fraction of sp³-hybridized carbons (Fsp3) is 0.927. The Morgan fingerprint density at radius 1 is 0.307 bits per heavy atom. The van der Waals surface area contributed by atoms with Crippen molar-refractivity contribution >= 4 is 11.9 Å². The van der Waals surface area contributed by atoms with Crippen molar-refractivity contribution in [2.75, 3.05) is 13.2 Å². The Balaban J connectivity index is 3.35. The lowest BCUT2D eigenvalue weighted by atomic mass is 10.0. The topological polar surface area (TPSA) is 95.9 Å². The summed E-state index contributed by atoms with van der Waals surface area (Å²) in [7, 11) is 0. The zero-order valence-corrected chi connectivity index (χ0v) is 60.0. The van der Waals surface area contributed by atoms with Crippen LogP contribution >= 0.6 is 0 Å². The number of unbranched alkanes of at least 4 members (excludes halogenated alkanes) is 62. The lowest BCUT2D eigenvalue weighted by Gasteiger charge is -2.22. The number of aliphatic hydroxyl groups is 2. The van der Waals surface area contributed by atoms with E-state index in [0.29, 0.717) is 25.9 Å². The van der Waals surface area contributed by atoms with Crippen LogP contribution in [0.15, 0.2) is 24.3 Å². The average Bonchev–Trinajstić information content (AvgIpc) is 3.58. The summed E-state index contributed by atoms with van der Waals surface area (Å²) in [6, 6.07) is -0.540. The molecule has 0 aromatic heterocycles. The van der Waals surface area contributed by atoms with E-state index in [1.54, 1.807) is 0 Å². The monoisotopic (exact) mass is 1240 g/mol. The first-order valence-electron chi connectivity index (χ1n) is 40.6. The van der Waals surface area contributed by atoms with Crippen LogP contribution in [0.3, 0.4) is 0 Å². The van der Waals surface area contributed by atoms with Gasteiger partial charge in [-0.1, -0.05) is 398 Å². The lowest BCUT2D eigenvalue weighted by Crippen LogP contribution is -2.45. The van der Waals surface area contributed by atoms with Crippen molar-refractivity contribution in [3.8, 4) is 0 Å². The summed E-state index contributed by atoms with van der Waals surface area (Å²) in [4.78, 5) is 24.7. The van der Waals surface area contributed by atoms with Gasteiger partial charge in [-0.05, 0) is 77.0 Å². The van der Waals surface area contributed by atoms with Crippen LogP contribution in [0.4, 0.5) is 0 Å². The number of aliphatic hydroxyl groups excluding tert-OH is 2. The minimum Gasteiger partial charge on any atom is -0.466 e. The number of nitrogens with one attached hydrogen (secondary N) is 1. The minimum atomic E-state index is -0.663. The molecule has 0 saturated carbocycles. The summed E-state index contributed by atoms with van der Waals surface area (Å²) in [6.45, 7) is 5.00. The number of carbonyl (C=O) groups is 2. The summed E-state index contributed by atoms with van der Waals surface area (Å²) in [5, 5.41) is 23.5. The Morgan fingerprint density at radius 2 is 0.534 bits per heavy atom. The number of ether oxygens (including phenoxy) is 1. The first-order chi connectivity index (χ1) is 43.5. The van der Waals surface area contributed by atoms with E-state index in [4.69, 9.17) is 4.74 Å². The quantitative estimate of drug-likeness (QED) is 0.0320. The van der Waals surface area contributed by atoms with Gasteiger partial charge in [0.2, 0.25) is 5.91 Å². The van der Waals surface area contributed by atoms with Crippen LogP contribution in [0.1, 0.15) is 463 Å². The number of rotatable bonds is 77. The van der Waals surface area contributed by atoms with Gasteiger partial charge in [0.15, 0.2) is 0 Å². The van der Waals surface area contributed by atoms with Crippen molar-refractivity contribution in [3.05, 3.63) is 24.3 Å². The molecular formula is C82H159NO5. The highest BCUT2D eigenvalue weighted by Crippen LogP contribution is 2.20. The van der Waals surface area contributed by atoms with Crippen molar-refractivity contribution in [3.63, 3.8) is 0 Å². The van der Waals surface area contributed by atoms with Crippen LogP contribution in [-0.4, -0.2) is 47.4 Å². The molecule has 0 rings (SSSR count). The Morgan fingerprint density at radius 3 is 0.807 bits per heavy atom. The largest absolute Gasteiger partial charge is 0.466 e. The third-order valence-electron chi connectivity index (χ3n) is 19.2. The number of amides is 1.